The molecule has 0 spiro atoms. The molecule has 0 aliphatic heterocycles. The fourth-order valence-corrected chi connectivity index (χ4v) is 2.31. The van der Waals surface area contributed by atoms with Crippen molar-refractivity contribution in [1.29, 1.82) is 0 Å². The standard InChI is InChI=1S/C16H16N4/c1-2-14-15(11-5-7-13(17)8-6-11)16(20-19-14)12-4-3-9-18-10-12/h3-10H,2,17H2,1H3,(H,19,20). The second-order valence-corrected chi connectivity index (χ2v) is 4.64. The summed E-state index contributed by atoms with van der Waals surface area (Å²) in [5.74, 6) is 0. The first kappa shape index (κ1) is 12.4. The lowest BCUT2D eigenvalue weighted by Crippen LogP contribution is -1.89. The van der Waals surface area contributed by atoms with Crippen molar-refractivity contribution in [1.82, 2.24) is 15.2 Å². The fraction of sp³-hybridized carbons (Fsp3) is 0.125. The molecule has 3 rings (SSSR count). The molecule has 2 aromatic heterocycles. The average molecular weight is 264 g/mol. The van der Waals surface area contributed by atoms with Gasteiger partial charge in [-0.25, -0.2) is 0 Å². The number of rotatable bonds is 3. The summed E-state index contributed by atoms with van der Waals surface area (Å²) in [7, 11) is 0. The summed E-state index contributed by atoms with van der Waals surface area (Å²) >= 11 is 0. The van der Waals surface area contributed by atoms with Crippen molar-refractivity contribution in [2.45, 2.75) is 13.3 Å². The first-order valence-electron chi connectivity index (χ1n) is 6.63. The zero-order chi connectivity index (χ0) is 13.9. The Hall–Kier alpha value is -2.62. The molecule has 0 saturated heterocycles. The predicted octanol–water partition coefficient (Wildman–Crippen LogP) is 3.28. The second kappa shape index (κ2) is 5.17. The Kier molecular flexibility index (Phi) is 3.21. The Labute approximate surface area is 117 Å². The highest BCUT2D eigenvalue weighted by molar-refractivity contribution is 5.82. The molecule has 2 heterocycles. The van der Waals surface area contributed by atoms with Crippen LogP contribution >= 0.6 is 0 Å². The third kappa shape index (κ3) is 2.16. The molecular weight excluding hydrogens is 248 g/mol. The van der Waals surface area contributed by atoms with Gasteiger partial charge in [0.1, 0.15) is 5.69 Å². The maximum Gasteiger partial charge on any atom is 0.102 e. The van der Waals surface area contributed by atoms with Crippen molar-refractivity contribution in [2.75, 3.05) is 5.73 Å². The van der Waals surface area contributed by atoms with Gasteiger partial charge in [0.15, 0.2) is 0 Å². The molecule has 0 saturated carbocycles. The summed E-state index contributed by atoms with van der Waals surface area (Å²) in [6, 6.07) is 11.8. The number of hydrogen-bond acceptors (Lipinski definition) is 3. The van der Waals surface area contributed by atoms with E-state index in [1.54, 1.807) is 6.20 Å². The van der Waals surface area contributed by atoms with E-state index >= 15 is 0 Å². The van der Waals surface area contributed by atoms with Crippen molar-refractivity contribution in [3.63, 3.8) is 0 Å². The second-order valence-electron chi connectivity index (χ2n) is 4.64. The van der Waals surface area contributed by atoms with Gasteiger partial charge in [0.05, 0.1) is 0 Å². The van der Waals surface area contributed by atoms with Crippen LogP contribution in [0.4, 0.5) is 5.69 Å². The average Bonchev–Trinajstić information content (AvgIpc) is 2.93. The van der Waals surface area contributed by atoms with Gasteiger partial charge in [0.2, 0.25) is 0 Å². The van der Waals surface area contributed by atoms with Gasteiger partial charge in [-0.2, -0.15) is 5.10 Å². The van der Waals surface area contributed by atoms with Gasteiger partial charge in [-0.3, -0.25) is 10.1 Å². The zero-order valence-corrected chi connectivity index (χ0v) is 11.3. The molecule has 0 unspecified atom stereocenters. The number of H-pyrrole nitrogens is 1. The number of nitrogens with two attached hydrogens (primary N) is 1. The van der Waals surface area contributed by atoms with E-state index in [1.165, 1.54) is 0 Å². The predicted molar refractivity (Wildman–Crippen MR) is 81.0 cm³/mol. The number of aryl methyl sites for hydroxylation is 1. The van der Waals surface area contributed by atoms with E-state index in [2.05, 4.69) is 22.1 Å². The molecule has 3 aromatic rings. The van der Waals surface area contributed by atoms with Gasteiger partial charge in [0.25, 0.3) is 0 Å². The van der Waals surface area contributed by atoms with Gasteiger partial charge < -0.3 is 5.73 Å². The van der Waals surface area contributed by atoms with Crippen LogP contribution in [0.2, 0.25) is 0 Å². The van der Waals surface area contributed by atoms with Gasteiger partial charge in [0, 0.05) is 34.9 Å². The topological polar surface area (TPSA) is 67.6 Å². The van der Waals surface area contributed by atoms with Crippen LogP contribution in [-0.4, -0.2) is 15.2 Å². The van der Waals surface area contributed by atoms with Gasteiger partial charge in [-0.1, -0.05) is 19.1 Å². The summed E-state index contributed by atoms with van der Waals surface area (Å²) in [5, 5.41) is 7.59. The number of benzene rings is 1. The number of aromatic nitrogens is 3. The summed E-state index contributed by atoms with van der Waals surface area (Å²) in [6.45, 7) is 2.11. The molecule has 4 nitrogen and oxygen atoms in total. The van der Waals surface area contributed by atoms with Crippen LogP contribution in [0.5, 0.6) is 0 Å². The monoisotopic (exact) mass is 264 g/mol. The lowest BCUT2D eigenvalue weighted by atomic mass is 9.98. The van der Waals surface area contributed by atoms with E-state index < -0.39 is 0 Å². The van der Waals surface area contributed by atoms with E-state index in [0.29, 0.717) is 0 Å². The van der Waals surface area contributed by atoms with Gasteiger partial charge >= 0.3 is 0 Å². The number of nitrogen functional groups attached to an aromatic ring is 1. The number of nitrogens with one attached hydrogen (secondary N) is 1. The summed E-state index contributed by atoms with van der Waals surface area (Å²) in [6.07, 6.45) is 4.49. The first-order valence-corrected chi connectivity index (χ1v) is 6.63. The molecule has 0 amide bonds. The summed E-state index contributed by atoms with van der Waals surface area (Å²) in [5.41, 5.74) is 11.8. The van der Waals surface area contributed by atoms with Crippen LogP contribution in [0, 0.1) is 0 Å². The van der Waals surface area contributed by atoms with E-state index in [1.807, 2.05) is 42.6 Å². The molecule has 0 radical (unpaired) electrons. The highest BCUT2D eigenvalue weighted by Gasteiger charge is 2.15. The molecule has 1 aromatic carbocycles. The van der Waals surface area contributed by atoms with Crippen molar-refractivity contribution >= 4 is 5.69 Å². The molecule has 0 bridgehead atoms. The lowest BCUT2D eigenvalue weighted by molar-refractivity contribution is 0.977. The number of pyridine rings is 1. The highest BCUT2D eigenvalue weighted by Crippen LogP contribution is 2.33. The molecule has 20 heavy (non-hydrogen) atoms. The Morgan fingerprint density at radius 3 is 2.55 bits per heavy atom. The maximum absolute atomic E-state index is 5.77. The van der Waals surface area contributed by atoms with Crippen LogP contribution in [0.25, 0.3) is 22.4 Å². The molecular formula is C16H16N4. The van der Waals surface area contributed by atoms with E-state index in [0.717, 1.165) is 40.2 Å². The fourth-order valence-electron chi connectivity index (χ4n) is 2.31. The molecule has 3 N–H and O–H groups in total. The third-order valence-electron chi connectivity index (χ3n) is 3.33. The Balaban J connectivity index is 2.18. The van der Waals surface area contributed by atoms with Crippen LogP contribution in [0.15, 0.2) is 48.8 Å². The minimum atomic E-state index is 0.762. The SMILES string of the molecule is CCc1[nH]nc(-c2cccnc2)c1-c1ccc(N)cc1. The van der Waals surface area contributed by atoms with E-state index in [-0.39, 0.29) is 0 Å². The van der Waals surface area contributed by atoms with Crippen molar-refractivity contribution in [2.24, 2.45) is 0 Å². The largest absolute Gasteiger partial charge is 0.399 e. The van der Waals surface area contributed by atoms with Crippen molar-refractivity contribution in [3.05, 3.63) is 54.5 Å². The van der Waals surface area contributed by atoms with Crippen molar-refractivity contribution in [3.8, 4) is 22.4 Å². The normalized spacial score (nSPS) is 10.7. The first-order chi connectivity index (χ1) is 9.79. The quantitative estimate of drug-likeness (QED) is 0.713. The van der Waals surface area contributed by atoms with Crippen LogP contribution in [0.1, 0.15) is 12.6 Å². The minimum absolute atomic E-state index is 0.762. The molecule has 0 aliphatic rings. The van der Waals surface area contributed by atoms with Crippen LogP contribution in [-0.2, 0) is 6.42 Å². The summed E-state index contributed by atoms with van der Waals surface area (Å²) < 4.78 is 0. The number of nitrogens with zero attached hydrogens (tertiary/aromatic N) is 2. The van der Waals surface area contributed by atoms with Gasteiger partial charge in [-0.15, -0.1) is 0 Å². The van der Waals surface area contributed by atoms with E-state index in [4.69, 9.17) is 5.73 Å². The molecule has 0 fully saturated rings. The van der Waals surface area contributed by atoms with Crippen molar-refractivity contribution < 1.29 is 0 Å². The Morgan fingerprint density at radius 1 is 1.10 bits per heavy atom. The molecule has 0 aliphatic carbocycles. The zero-order valence-electron chi connectivity index (χ0n) is 11.3. The Morgan fingerprint density at radius 2 is 1.90 bits per heavy atom. The van der Waals surface area contributed by atoms with Crippen LogP contribution in [0.3, 0.4) is 0 Å². The third-order valence-corrected chi connectivity index (χ3v) is 3.33. The Bertz CT molecular complexity index is 699. The van der Waals surface area contributed by atoms with Crippen LogP contribution < -0.4 is 5.73 Å². The summed E-state index contributed by atoms with van der Waals surface area (Å²) in [4.78, 5) is 4.17. The number of hydrogen-bond donors (Lipinski definition) is 2. The number of anilines is 1. The molecule has 100 valence electrons. The smallest absolute Gasteiger partial charge is 0.102 e. The highest BCUT2D eigenvalue weighted by atomic mass is 15.1. The minimum Gasteiger partial charge on any atom is -0.399 e. The van der Waals surface area contributed by atoms with E-state index in [9.17, 15) is 0 Å². The van der Waals surface area contributed by atoms with Gasteiger partial charge in [-0.05, 0) is 36.2 Å². The lowest BCUT2D eigenvalue weighted by Gasteiger charge is -2.06. The number of aromatic amines is 1. The maximum atomic E-state index is 5.77. The molecule has 4 heteroatoms. The molecule has 0 atom stereocenters.